The fraction of sp³-hybridized carbons (Fsp3) is 0.200. The minimum Gasteiger partial charge on any atom is -0.352 e. The quantitative estimate of drug-likeness (QED) is 0.702. The SMILES string of the molecule is Cc1c[nH]c(=O)n1-c1ccc(C(=O)NCCc2ccccc2C(F)(F)F)cc1. The number of halogens is 3. The summed E-state index contributed by atoms with van der Waals surface area (Å²) in [5, 5.41) is 2.62. The Morgan fingerprint density at radius 1 is 1.11 bits per heavy atom. The Bertz CT molecular complexity index is 1030. The lowest BCUT2D eigenvalue weighted by Gasteiger charge is -2.13. The second-order valence-electron chi connectivity index (χ2n) is 6.28. The van der Waals surface area contributed by atoms with Crippen LogP contribution in [0.1, 0.15) is 27.2 Å². The molecule has 0 saturated carbocycles. The van der Waals surface area contributed by atoms with Gasteiger partial charge in [0.15, 0.2) is 0 Å². The highest BCUT2D eigenvalue weighted by atomic mass is 19.4. The third kappa shape index (κ3) is 4.16. The molecule has 0 unspecified atom stereocenters. The van der Waals surface area contributed by atoms with Crippen LogP contribution in [0.3, 0.4) is 0 Å². The summed E-state index contributed by atoms with van der Waals surface area (Å²) in [5.41, 5.74) is 0.853. The summed E-state index contributed by atoms with van der Waals surface area (Å²) in [4.78, 5) is 26.6. The van der Waals surface area contributed by atoms with Crippen LogP contribution in [0.25, 0.3) is 5.69 Å². The number of hydrogen-bond donors (Lipinski definition) is 2. The van der Waals surface area contributed by atoms with Crippen molar-refractivity contribution in [2.45, 2.75) is 19.5 Å². The van der Waals surface area contributed by atoms with Gasteiger partial charge in [-0.3, -0.25) is 9.36 Å². The summed E-state index contributed by atoms with van der Waals surface area (Å²) in [6, 6.07) is 11.7. The van der Waals surface area contributed by atoms with Gasteiger partial charge in [0.05, 0.1) is 11.3 Å². The van der Waals surface area contributed by atoms with E-state index in [-0.39, 0.29) is 24.2 Å². The number of hydrogen-bond acceptors (Lipinski definition) is 2. The van der Waals surface area contributed by atoms with E-state index in [1.165, 1.54) is 22.8 Å². The minimum atomic E-state index is -4.43. The first-order chi connectivity index (χ1) is 13.3. The largest absolute Gasteiger partial charge is 0.416 e. The number of imidazole rings is 1. The van der Waals surface area contributed by atoms with Crippen molar-refractivity contribution in [2.75, 3.05) is 6.54 Å². The lowest BCUT2D eigenvalue weighted by Crippen LogP contribution is -2.26. The van der Waals surface area contributed by atoms with E-state index in [0.717, 1.165) is 11.8 Å². The van der Waals surface area contributed by atoms with Gasteiger partial charge in [-0.2, -0.15) is 13.2 Å². The van der Waals surface area contributed by atoms with Gasteiger partial charge >= 0.3 is 11.9 Å². The van der Waals surface area contributed by atoms with Crippen LogP contribution in [-0.2, 0) is 12.6 Å². The van der Waals surface area contributed by atoms with Crippen molar-refractivity contribution in [1.29, 1.82) is 0 Å². The predicted molar refractivity (Wildman–Crippen MR) is 98.6 cm³/mol. The van der Waals surface area contributed by atoms with Gasteiger partial charge in [-0.05, 0) is 49.2 Å². The molecule has 146 valence electrons. The highest BCUT2D eigenvalue weighted by Crippen LogP contribution is 2.31. The maximum absolute atomic E-state index is 13.0. The molecule has 0 saturated heterocycles. The molecule has 0 aliphatic carbocycles. The number of amides is 1. The minimum absolute atomic E-state index is 0.0669. The van der Waals surface area contributed by atoms with E-state index < -0.39 is 17.6 Å². The Balaban J connectivity index is 1.64. The molecule has 28 heavy (non-hydrogen) atoms. The zero-order valence-electron chi connectivity index (χ0n) is 15.0. The molecule has 2 N–H and O–H groups in total. The van der Waals surface area contributed by atoms with Gasteiger partial charge in [0.1, 0.15) is 0 Å². The number of nitrogens with zero attached hydrogens (tertiary/aromatic N) is 1. The Morgan fingerprint density at radius 3 is 2.39 bits per heavy atom. The maximum atomic E-state index is 13.0. The van der Waals surface area contributed by atoms with Gasteiger partial charge in [-0.1, -0.05) is 18.2 Å². The fourth-order valence-corrected chi connectivity index (χ4v) is 2.97. The van der Waals surface area contributed by atoms with Crippen LogP contribution in [0, 0.1) is 6.92 Å². The molecule has 5 nitrogen and oxygen atoms in total. The average Bonchev–Trinajstić information content (AvgIpc) is 3.00. The van der Waals surface area contributed by atoms with Crippen LogP contribution >= 0.6 is 0 Å². The highest BCUT2D eigenvalue weighted by molar-refractivity contribution is 5.94. The van der Waals surface area contributed by atoms with E-state index in [4.69, 9.17) is 0 Å². The smallest absolute Gasteiger partial charge is 0.352 e. The Morgan fingerprint density at radius 2 is 1.79 bits per heavy atom. The second kappa shape index (κ2) is 7.75. The van der Waals surface area contributed by atoms with Crippen molar-refractivity contribution in [3.8, 4) is 5.69 Å². The molecule has 0 atom stereocenters. The number of rotatable bonds is 5. The molecule has 0 aliphatic heterocycles. The Hall–Kier alpha value is -3.29. The summed E-state index contributed by atoms with van der Waals surface area (Å²) < 4.78 is 40.5. The summed E-state index contributed by atoms with van der Waals surface area (Å²) in [5.74, 6) is -0.394. The van der Waals surface area contributed by atoms with Crippen molar-refractivity contribution < 1.29 is 18.0 Å². The normalized spacial score (nSPS) is 11.4. The van der Waals surface area contributed by atoms with Crippen molar-refractivity contribution in [1.82, 2.24) is 14.9 Å². The molecule has 1 heterocycles. The van der Waals surface area contributed by atoms with Crippen LogP contribution in [0.4, 0.5) is 13.2 Å². The summed E-state index contributed by atoms with van der Waals surface area (Å²) >= 11 is 0. The van der Waals surface area contributed by atoms with Gasteiger partial charge in [-0.25, -0.2) is 4.79 Å². The van der Waals surface area contributed by atoms with Crippen molar-refractivity contribution in [2.24, 2.45) is 0 Å². The predicted octanol–water partition coefficient (Wildman–Crippen LogP) is 3.47. The van der Waals surface area contributed by atoms with Gasteiger partial charge in [0.2, 0.25) is 0 Å². The lowest BCUT2D eigenvalue weighted by atomic mass is 10.0. The Kier molecular flexibility index (Phi) is 5.39. The van der Waals surface area contributed by atoms with Crippen molar-refractivity contribution in [3.05, 3.63) is 87.6 Å². The van der Waals surface area contributed by atoms with Crippen LogP contribution in [0.15, 0.2) is 59.5 Å². The van der Waals surface area contributed by atoms with Crippen molar-refractivity contribution >= 4 is 5.91 Å². The molecule has 0 bridgehead atoms. The first kappa shape index (κ1) is 19.5. The lowest BCUT2D eigenvalue weighted by molar-refractivity contribution is -0.138. The van der Waals surface area contributed by atoms with E-state index in [1.54, 1.807) is 37.4 Å². The van der Waals surface area contributed by atoms with Gasteiger partial charge in [0.25, 0.3) is 5.91 Å². The van der Waals surface area contributed by atoms with E-state index in [2.05, 4.69) is 10.3 Å². The molecule has 2 aromatic carbocycles. The number of carbonyl (C=O) groups is 1. The molecular formula is C20H18F3N3O2. The van der Waals surface area contributed by atoms with Crippen LogP contribution < -0.4 is 11.0 Å². The number of nitrogens with one attached hydrogen (secondary N) is 2. The number of aryl methyl sites for hydroxylation is 1. The molecule has 1 aromatic heterocycles. The molecule has 3 aromatic rings. The van der Waals surface area contributed by atoms with Gasteiger partial charge in [-0.15, -0.1) is 0 Å². The average molecular weight is 389 g/mol. The third-order valence-corrected chi connectivity index (χ3v) is 4.35. The van der Waals surface area contributed by atoms with Crippen LogP contribution in [-0.4, -0.2) is 22.0 Å². The molecule has 3 rings (SSSR count). The zero-order chi connectivity index (χ0) is 20.3. The third-order valence-electron chi connectivity index (χ3n) is 4.35. The summed E-state index contributed by atoms with van der Waals surface area (Å²) in [7, 11) is 0. The zero-order valence-corrected chi connectivity index (χ0v) is 15.0. The fourth-order valence-electron chi connectivity index (χ4n) is 2.97. The van der Waals surface area contributed by atoms with E-state index in [0.29, 0.717) is 11.3 Å². The molecule has 0 fully saturated rings. The van der Waals surface area contributed by atoms with Crippen molar-refractivity contribution in [3.63, 3.8) is 0 Å². The first-order valence-electron chi connectivity index (χ1n) is 8.58. The number of carbonyl (C=O) groups excluding carboxylic acids is 1. The van der Waals surface area contributed by atoms with E-state index >= 15 is 0 Å². The van der Waals surface area contributed by atoms with Gasteiger partial charge < -0.3 is 10.3 Å². The number of aromatic amines is 1. The highest BCUT2D eigenvalue weighted by Gasteiger charge is 2.32. The van der Waals surface area contributed by atoms with E-state index in [9.17, 15) is 22.8 Å². The molecule has 0 aliphatic rings. The molecule has 1 amide bonds. The molecule has 0 spiro atoms. The Labute approximate surface area is 158 Å². The van der Waals surface area contributed by atoms with Crippen LogP contribution in [0.5, 0.6) is 0 Å². The number of alkyl halides is 3. The molecular weight excluding hydrogens is 371 g/mol. The first-order valence-corrected chi connectivity index (χ1v) is 8.58. The second-order valence-corrected chi connectivity index (χ2v) is 6.28. The summed E-state index contributed by atoms with van der Waals surface area (Å²) in [6.45, 7) is 1.85. The molecule has 8 heteroatoms. The standard InChI is InChI=1S/C20H18F3N3O2/c1-13-12-25-19(28)26(13)16-8-6-15(7-9-16)18(27)24-11-10-14-4-2-3-5-17(14)20(21,22)23/h2-9,12H,10-11H2,1H3,(H,24,27)(H,25,28). The van der Waals surface area contributed by atoms with Gasteiger partial charge in [0, 0.05) is 24.0 Å². The maximum Gasteiger partial charge on any atom is 0.416 e. The number of aromatic nitrogens is 2. The van der Waals surface area contributed by atoms with E-state index in [1.807, 2.05) is 0 Å². The number of benzene rings is 2. The summed E-state index contributed by atoms with van der Waals surface area (Å²) in [6.07, 6.45) is -2.77. The number of H-pyrrole nitrogens is 1. The molecule has 0 radical (unpaired) electrons. The monoisotopic (exact) mass is 389 g/mol. The topological polar surface area (TPSA) is 66.9 Å². The van der Waals surface area contributed by atoms with Crippen LogP contribution in [0.2, 0.25) is 0 Å².